The number of carboxylic acids is 1. The van der Waals surface area contributed by atoms with Crippen molar-refractivity contribution >= 4 is 57.9 Å². The molecule has 36 heavy (non-hydrogen) atoms. The Morgan fingerprint density at radius 2 is 2.11 bits per heavy atom. The van der Waals surface area contributed by atoms with Gasteiger partial charge in [-0.1, -0.05) is 5.16 Å². The fourth-order valence-electron chi connectivity index (χ4n) is 3.31. The molecule has 0 saturated carbocycles. The molecular formula is C20H19N7O7S2. The van der Waals surface area contributed by atoms with Crippen LogP contribution >= 0.6 is 23.3 Å². The van der Waals surface area contributed by atoms with E-state index in [1.807, 2.05) is 0 Å². The Morgan fingerprint density at radius 3 is 2.75 bits per heavy atom. The molecule has 2 aliphatic heterocycles. The second-order valence-electron chi connectivity index (χ2n) is 7.48. The number of thioether (sulfide) groups is 1. The number of carbonyl (C=O) groups excluding carboxylic acids is 4. The highest BCUT2D eigenvalue weighted by atomic mass is 32.2. The first-order valence-electron chi connectivity index (χ1n) is 10.3. The van der Waals surface area contributed by atoms with Crippen LogP contribution in [0.2, 0.25) is 0 Å². The molecule has 4 rings (SSSR count). The number of carbonyl (C=O) groups is 4. The summed E-state index contributed by atoms with van der Waals surface area (Å²) in [6, 6.07) is 2.05. The van der Waals surface area contributed by atoms with Crippen molar-refractivity contribution in [3.05, 3.63) is 47.7 Å². The van der Waals surface area contributed by atoms with E-state index in [9.17, 15) is 24.3 Å². The molecule has 0 bridgehead atoms. The summed E-state index contributed by atoms with van der Waals surface area (Å²) >= 11 is 2.30. The van der Waals surface area contributed by atoms with E-state index in [2.05, 4.69) is 24.6 Å². The van der Waals surface area contributed by atoms with Crippen LogP contribution < -0.4 is 20.7 Å². The summed E-state index contributed by atoms with van der Waals surface area (Å²) in [6.45, 7) is -0.0812. The fourth-order valence-corrected chi connectivity index (χ4v) is 5.00. The minimum absolute atomic E-state index is 0.0731. The minimum atomic E-state index is -1.26. The lowest BCUT2D eigenvalue weighted by atomic mass is 10.1. The van der Waals surface area contributed by atoms with Crippen molar-refractivity contribution in [2.45, 2.75) is 18.0 Å². The maximum absolute atomic E-state index is 12.9. The van der Waals surface area contributed by atoms with Gasteiger partial charge in [-0.3, -0.25) is 9.59 Å². The summed E-state index contributed by atoms with van der Waals surface area (Å²) in [4.78, 5) is 58.1. The first kappa shape index (κ1) is 25.1. The third-order valence-corrected chi connectivity index (χ3v) is 7.00. The highest BCUT2D eigenvalue weighted by Crippen LogP contribution is 2.36. The Balaban J connectivity index is 1.40. The van der Waals surface area contributed by atoms with Gasteiger partial charge in [-0.25, -0.2) is 9.36 Å². The summed E-state index contributed by atoms with van der Waals surface area (Å²) in [5.41, 5.74) is 6.26. The number of pyridine rings is 1. The molecule has 0 aromatic carbocycles. The molecule has 2 amide bonds. The van der Waals surface area contributed by atoms with Crippen molar-refractivity contribution in [3.63, 3.8) is 0 Å². The average molecular weight is 534 g/mol. The van der Waals surface area contributed by atoms with Gasteiger partial charge in [-0.15, -0.1) is 11.8 Å². The van der Waals surface area contributed by atoms with E-state index in [-0.39, 0.29) is 33.5 Å². The monoisotopic (exact) mass is 533 g/mol. The van der Waals surface area contributed by atoms with E-state index < -0.39 is 30.5 Å². The van der Waals surface area contributed by atoms with Gasteiger partial charge in [0, 0.05) is 46.8 Å². The molecule has 0 radical (unpaired) electrons. The van der Waals surface area contributed by atoms with E-state index in [4.69, 9.17) is 10.6 Å². The number of nitrogens with two attached hydrogens (primary N) is 1. The molecule has 2 aromatic heterocycles. The maximum Gasteiger partial charge on any atom is 0.346 e. The molecule has 1 saturated heterocycles. The highest BCUT2D eigenvalue weighted by molar-refractivity contribution is 8.00. The third-order valence-electron chi connectivity index (χ3n) is 5.07. The number of ether oxygens (including phenoxy) is 1. The number of amides is 2. The first-order valence-corrected chi connectivity index (χ1v) is 12.1. The zero-order valence-electron chi connectivity index (χ0n) is 18.7. The quantitative estimate of drug-likeness (QED) is 0.115. The Hall–Kier alpha value is -4.05. The van der Waals surface area contributed by atoms with Crippen LogP contribution in [0.15, 0.2) is 41.5 Å². The van der Waals surface area contributed by atoms with Gasteiger partial charge in [-0.2, -0.15) is 9.36 Å². The van der Waals surface area contributed by atoms with Gasteiger partial charge in [0.25, 0.3) is 11.8 Å². The Bertz CT molecular complexity index is 1260. The van der Waals surface area contributed by atoms with Gasteiger partial charge in [0.15, 0.2) is 24.1 Å². The van der Waals surface area contributed by atoms with E-state index in [0.717, 1.165) is 17.1 Å². The fraction of sp³-hybridized carbons (Fsp3) is 0.300. The van der Waals surface area contributed by atoms with Gasteiger partial charge < -0.3 is 35.4 Å². The van der Waals surface area contributed by atoms with Crippen LogP contribution in [0.25, 0.3) is 0 Å². The number of carboxylic acid groups (broad SMARTS) is 1. The molecule has 3 N–H and O–H groups in total. The van der Waals surface area contributed by atoms with Gasteiger partial charge >= 0.3 is 5.97 Å². The second-order valence-corrected chi connectivity index (χ2v) is 9.37. The Morgan fingerprint density at radius 1 is 1.36 bits per heavy atom. The molecular weight excluding hydrogens is 514 g/mol. The zero-order chi connectivity index (χ0) is 25.8. The Kier molecular flexibility index (Phi) is 7.44. The number of oxime groups is 1. The number of nitrogens with zero attached hydrogens (tertiary/aromatic N) is 5. The molecule has 4 heterocycles. The number of anilines is 1. The molecule has 14 nitrogen and oxygen atoms in total. The molecule has 0 spiro atoms. The number of aromatic nitrogens is 3. The van der Waals surface area contributed by atoms with Crippen LogP contribution in [0.3, 0.4) is 0 Å². The predicted octanol–water partition coefficient (Wildman–Crippen LogP) is -2.35. The number of β-lactam (4-membered cyclic amide) rings is 1. The summed E-state index contributed by atoms with van der Waals surface area (Å²) < 4.78 is 10.2. The third kappa shape index (κ3) is 5.44. The molecule has 188 valence electrons. The average Bonchev–Trinajstić information content (AvgIpc) is 3.30. The van der Waals surface area contributed by atoms with E-state index in [1.54, 1.807) is 23.2 Å². The van der Waals surface area contributed by atoms with Crippen molar-refractivity contribution in [1.82, 2.24) is 19.6 Å². The zero-order valence-corrected chi connectivity index (χ0v) is 20.3. The summed E-state index contributed by atoms with van der Waals surface area (Å²) in [6.07, 6.45) is 4.96. The van der Waals surface area contributed by atoms with Gasteiger partial charge in [0.2, 0.25) is 18.1 Å². The summed E-state index contributed by atoms with van der Waals surface area (Å²) in [7, 11) is 1.17. The van der Waals surface area contributed by atoms with Crippen LogP contribution in [0, 0.1) is 0 Å². The van der Waals surface area contributed by atoms with Gasteiger partial charge in [0.05, 0.1) is 13.1 Å². The van der Waals surface area contributed by atoms with E-state index in [0.29, 0.717) is 12.3 Å². The predicted molar refractivity (Wildman–Crippen MR) is 123 cm³/mol. The van der Waals surface area contributed by atoms with Crippen LogP contribution in [0.4, 0.5) is 5.13 Å². The van der Waals surface area contributed by atoms with Gasteiger partial charge in [0.1, 0.15) is 11.4 Å². The SMILES string of the molecule is COC(=O)CON=C(C(=O)NC1C(=O)N2C=C(C[n+]3ccc(C(=O)[O-])cc3)CS[C@@H]12)c1nsc(N)n1. The molecule has 1 fully saturated rings. The molecule has 0 aliphatic carbocycles. The first-order chi connectivity index (χ1) is 17.3. The number of nitrogens with one attached hydrogen (secondary N) is 1. The standard InChI is InChI=1S/C20H19N7O7S2/c1-33-12(28)8-34-24-13(15-23-20(21)36-25-15)16(29)22-14-17(30)27-7-10(9-35-18(14)27)6-26-4-2-11(3-5-26)19(31)32/h2-5,7,14,18H,6,8-9H2,1H3,(H3-,21,22,23,25,29,31,32)/t14?,18-/m0/s1. The number of hydrogen-bond acceptors (Lipinski definition) is 13. The number of aromatic carboxylic acids is 1. The number of fused-ring (bicyclic) bond motifs is 1. The largest absolute Gasteiger partial charge is 0.545 e. The number of esters is 1. The van der Waals surface area contributed by atoms with Crippen molar-refractivity contribution < 1.29 is 38.4 Å². The summed E-state index contributed by atoms with van der Waals surface area (Å²) in [5.74, 6) is -2.57. The second kappa shape index (κ2) is 10.7. The maximum atomic E-state index is 12.9. The lowest BCUT2D eigenvalue weighted by molar-refractivity contribution is -0.689. The molecule has 2 aliphatic rings. The molecule has 16 heteroatoms. The number of rotatable bonds is 9. The van der Waals surface area contributed by atoms with Gasteiger partial charge in [-0.05, 0) is 0 Å². The van der Waals surface area contributed by atoms with Crippen LogP contribution in [0.1, 0.15) is 16.2 Å². The molecule has 2 atom stereocenters. The number of methoxy groups -OCH3 is 1. The van der Waals surface area contributed by atoms with Crippen LogP contribution in [-0.4, -0.2) is 74.6 Å². The number of hydrogen-bond donors (Lipinski definition) is 2. The van der Waals surface area contributed by atoms with Crippen molar-refractivity contribution in [2.24, 2.45) is 5.16 Å². The molecule has 1 unspecified atom stereocenters. The van der Waals surface area contributed by atoms with Crippen LogP contribution in [0.5, 0.6) is 0 Å². The minimum Gasteiger partial charge on any atom is -0.545 e. The van der Waals surface area contributed by atoms with E-state index >= 15 is 0 Å². The van der Waals surface area contributed by atoms with Crippen molar-refractivity contribution in [1.29, 1.82) is 0 Å². The smallest absolute Gasteiger partial charge is 0.346 e. The topological polar surface area (TPSA) is 193 Å². The Labute approximate surface area is 211 Å². The lowest BCUT2D eigenvalue weighted by Crippen LogP contribution is -2.69. The van der Waals surface area contributed by atoms with E-state index in [1.165, 1.54) is 35.9 Å². The number of nitrogen functional groups attached to an aromatic ring is 1. The van der Waals surface area contributed by atoms with Crippen LogP contribution in [-0.2, 0) is 30.5 Å². The summed E-state index contributed by atoms with van der Waals surface area (Å²) in [5, 5.41) is 16.9. The lowest BCUT2D eigenvalue weighted by Gasteiger charge is -2.47. The highest BCUT2D eigenvalue weighted by Gasteiger charge is 2.50. The molecule has 2 aromatic rings. The van der Waals surface area contributed by atoms with Crippen molar-refractivity contribution in [3.8, 4) is 0 Å². The normalized spacial score (nSPS) is 19.0. The van der Waals surface area contributed by atoms with Crippen molar-refractivity contribution in [2.75, 3.05) is 25.2 Å².